The molecule has 0 heterocycles. The lowest BCUT2D eigenvalue weighted by Crippen LogP contribution is -2.24. The van der Waals surface area contributed by atoms with Gasteiger partial charge in [-0.2, -0.15) is 0 Å². The van der Waals surface area contributed by atoms with Crippen LogP contribution >= 0.6 is 0 Å². The third-order valence-electron chi connectivity index (χ3n) is 3.42. The van der Waals surface area contributed by atoms with E-state index in [1.807, 2.05) is 12.1 Å². The van der Waals surface area contributed by atoms with Crippen molar-refractivity contribution in [1.82, 2.24) is 0 Å². The number of fused-ring (bicyclic) bond motifs is 1. The number of rotatable bonds is 3. The number of likely N-dealkylation sites (N-methyl/N-ethyl adjacent to an activating group) is 1. The zero-order valence-corrected chi connectivity index (χ0v) is 10.9. The van der Waals surface area contributed by atoms with E-state index in [4.69, 9.17) is 5.11 Å². The fourth-order valence-corrected chi connectivity index (χ4v) is 2.31. The van der Waals surface area contributed by atoms with Gasteiger partial charge in [0.1, 0.15) is 0 Å². The second-order valence-corrected chi connectivity index (χ2v) is 4.73. The summed E-state index contributed by atoms with van der Waals surface area (Å²) < 4.78 is 0. The third-order valence-corrected chi connectivity index (χ3v) is 3.42. The van der Waals surface area contributed by atoms with Crippen LogP contribution in [-0.2, 0) is 22.4 Å². The van der Waals surface area contributed by atoms with Gasteiger partial charge in [0.2, 0.25) is 0 Å². The Morgan fingerprint density at radius 2 is 1.84 bits per heavy atom. The number of aliphatic carboxylic acids is 1. The van der Waals surface area contributed by atoms with E-state index in [2.05, 4.69) is 6.07 Å². The average Bonchev–Trinajstić information content (AvgIpc) is 2.43. The highest BCUT2D eigenvalue weighted by Crippen LogP contribution is 2.25. The highest BCUT2D eigenvalue weighted by atomic mass is 16.4. The van der Waals surface area contributed by atoms with Gasteiger partial charge < -0.3 is 10.0 Å². The second kappa shape index (κ2) is 5.69. The van der Waals surface area contributed by atoms with E-state index in [1.54, 1.807) is 7.05 Å². The van der Waals surface area contributed by atoms with Crippen molar-refractivity contribution in [2.75, 3.05) is 11.9 Å². The van der Waals surface area contributed by atoms with Gasteiger partial charge in [0.15, 0.2) is 0 Å². The van der Waals surface area contributed by atoms with Crippen LogP contribution in [-0.4, -0.2) is 24.0 Å². The first-order valence-electron chi connectivity index (χ1n) is 6.38. The van der Waals surface area contributed by atoms with Crippen LogP contribution in [0.3, 0.4) is 0 Å². The SMILES string of the molecule is CN(C(=O)/C=C/C(=O)O)c1ccc2c(c1)CCCC2. The molecule has 2 rings (SSSR count). The van der Waals surface area contributed by atoms with Crippen molar-refractivity contribution in [1.29, 1.82) is 0 Å². The number of anilines is 1. The van der Waals surface area contributed by atoms with Crippen molar-refractivity contribution < 1.29 is 14.7 Å². The molecule has 1 aliphatic carbocycles. The van der Waals surface area contributed by atoms with E-state index < -0.39 is 5.97 Å². The van der Waals surface area contributed by atoms with Crippen LogP contribution in [0.4, 0.5) is 5.69 Å². The molecule has 0 saturated heterocycles. The summed E-state index contributed by atoms with van der Waals surface area (Å²) in [6, 6.07) is 6.01. The molecule has 0 bridgehead atoms. The zero-order chi connectivity index (χ0) is 13.8. The zero-order valence-electron chi connectivity index (χ0n) is 10.9. The number of carbonyl (C=O) groups excluding carboxylic acids is 1. The van der Waals surface area contributed by atoms with Gasteiger partial charge >= 0.3 is 5.97 Å². The van der Waals surface area contributed by atoms with Gasteiger partial charge in [0.05, 0.1) is 0 Å². The molecule has 1 N–H and O–H groups in total. The molecular formula is C15H17NO3. The Bertz CT molecular complexity index is 534. The van der Waals surface area contributed by atoms with Crippen LogP contribution in [0, 0.1) is 0 Å². The number of carboxylic acids is 1. The number of aryl methyl sites for hydroxylation is 2. The number of amides is 1. The molecule has 1 aliphatic rings. The van der Waals surface area contributed by atoms with E-state index in [0.29, 0.717) is 0 Å². The highest BCUT2D eigenvalue weighted by Gasteiger charge is 2.13. The smallest absolute Gasteiger partial charge is 0.328 e. The first-order valence-corrected chi connectivity index (χ1v) is 6.38. The van der Waals surface area contributed by atoms with Crippen molar-refractivity contribution in [2.24, 2.45) is 0 Å². The van der Waals surface area contributed by atoms with Crippen molar-refractivity contribution in [3.8, 4) is 0 Å². The average molecular weight is 259 g/mol. The molecule has 0 unspecified atom stereocenters. The molecule has 100 valence electrons. The van der Waals surface area contributed by atoms with E-state index in [1.165, 1.54) is 28.9 Å². The number of hydrogen-bond acceptors (Lipinski definition) is 2. The fraction of sp³-hybridized carbons (Fsp3) is 0.333. The van der Waals surface area contributed by atoms with Crippen molar-refractivity contribution in [3.63, 3.8) is 0 Å². The van der Waals surface area contributed by atoms with Gasteiger partial charge in [0, 0.05) is 24.9 Å². The summed E-state index contributed by atoms with van der Waals surface area (Å²) in [5.74, 6) is -1.45. The molecule has 0 fully saturated rings. The van der Waals surface area contributed by atoms with Gasteiger partial charge in [-0.1, -0.05) is 6.07 Å². The Hall–Kier alpha value is -2.10. The normalized spacial score (nSPS) is 14.2. The van der Waals surface area contributed by atoms with Crippen LogP contribution in [0.2, 0.25) is 0 Å². The highest BCUT2D eigenvalue weighted by molar-refractivity contribution is 6.03. The summed E-state index contributed by atoms with van der Waals surface area (Å²) in [4.78, 5) is 23.7. The largest absolute Gasteiger partial charge is 0.478 e. The molecule has 0 aliphatic heterocycles. The van der Waals surface area contributed by atoms with Crippen LogP contribution in [0.15, 0.2) is 30.4 Å². The van der Waals surface area contributed by atoms with Crippen molar-refractivity contribution in [3.05, 3.63) is 41.5 Å². The maximum absolute atomic E-state index is 11.8. The van der Waals surface area contributed by atoms with E-state index >= 15 is 0 Å². The predicted molar refractivity (Wildman–Crippen MR) is 73.3 cm³/mol. The molecule has 1 amide bonds. The first kappa shape index (κ1) is 13.3. The second-order valence-electron chi connectivity index (χ2n) is 4.73. The maximum Gasteiger partial charge on any atom is 0.328 e. The van der Waals surface area contributed by atoms with Crippen molar-refractivity contribution in [2.45, 2.75) is 25.7 Å². The molecule has 0 saturated carbocycles. The Kier molecular flexibility index (Phi) is 4.00. The molecule has 4 nitrogen and oxygen atoms in total. The minimum absolute atomic E-state index is 0.335. The number of carbonyl (C=O) groups is 2. The standard InChI is InChI=1S/C15H17NO3/c1-16(14(17)8-9-15(18)19)13-7-6-11-4-2-3-5-12(11)10-13/h6-10H,2-5H2,1H3,(H,18,19)/b9-8+. The van der Waals surface area contributed by atoms with Gasteiger partial charge in [-0.05, 0) is 48.9 Å². The Morgan fingerprint density at radius 1 is 1.16 bits per heavy atom. The maximum atomic E-state index is 11.8. The molecular weight excluding hydrogens is 242 g/mol. The number of hydrogen-bond donors (Lipinski definition) is 1. The Morgan fingerprint density at radius 3 is 2.53 bits per heavy atom. The molecule has 4 heteroatoms. The fourth-order valence-electron chi connectivity index (χ4n) is 2.31. The summed E-state index contributed by atoms with van der Waals surface area (Å²) in [5.41, 5.74) is 3.46. The van der Waals surface area contributed by atoms with Gasteiger partial charge in [-0.25, -0.2) is 4.79 Å². The van der Waals surface area contributed by atoms with Gasteiger partial charge in [0.25, 0.3) is 5.91 Å². The van der Waals surface area contributed by atoms with E-state index in [-0.39, 0.29) is 5.91 Å². The van der Waals surface area contributed by atoms with Gasteiger partial charge in [-0.15, -0.1) is 0 Å². The summed E-state index contributed by atoms with van der Waals surface area (Å²) in [5, 5.41) is 8.52. The number of nitrogens with zero attached hydrogens (tertiary/aromatic N) is 1. The minimum Gasteiger partial charge on any atom is -0.478 e. The third kappa shape index (κ3) is 3.22. The number of benzene rings is 1. The predicted octanol–water partition coefficient (Wildman–Crippen LogP) is 2.17. The molecule has 19 heavy (non-hydrogen) atoms. The summed E-state index contributed by atoms with van der Waals surface area (Å²) >= 11 is 0. The van der Waals surface area contributed by atoms with Crippen LogP contribution in [0.25, 0.3) is 0 Å². The van der Waals surface area contributed by atoms with Crippen LogP contribution in [0.5, 0.6) is 0 Å². The molecule has 0 radical (unpaired) electrons. The quantitative estimate of drug-likeness (QED) is 0.846. The lowest BCUT2D eigenvalue weighted by atomic mass is 9.91. The summed E-state index contributed by atoms with van der Waals surface area (Å²) in [6.07, 6.45) is 6.50. The topological polar surface area (TPSA) is 57.6 Å². The lowest BCUT2D eigenvalue weighted by molar-refractivity contribution is -0.131. The molecule has 1 aromatic rings. The Balaban J connectivity index is 2.17. The molecule has 0 spiro atoms. The Labute approximate surface area is 112 Å². The van der Waals surface area contributed by atoms with Gasteiger partial charge in [-0.3, -0.25) is 4.79 Å². The van der Waals surface area contributed by atoms with Crippen LogP contribution < -0.4 is 4.90 Å². The first-order chi connectivity index (χ1) is 9.08. The molecule has 1 aromatic carbocycles. The number of carboxylic acid groups (broad SMARTS) is 1. The lowest BCUT2D eigenvalue weighted by Gasteiger charge is -2.20. The van der Waals surface area contributed by atoms with Crippen molar-refractivity contribution >= 4 is 17.6 Å². The minimum atomic E-state index is -1.12. The monoisotopic (exact) mass is 259 g/mol. The van der Waals surface area contributed by atoms with E-state index in [9.17, 15) is 9.59 Å². The summed E-state index contributed by atoms with van der Waals surface area (Å²) in [7, 11) is 1.65. The van der Waals surface area contributed by atoms with Crippen LogP contribution in [0.1, 0.15) is 24.0 Å². The van der Waals surface area contributed by atoms with E-state index in [0.717, 1.165) is 30.7 Å². The summed E-state index contributed by atoms with van der Waals surface area (Å²) in [6.45, 7) is 0. The molecule has 0 atom stereocenters. The molecule has 0 aromatic heterocycles.